The number of rotatable bonds is 0. The van der Waals surface area contributed by atoms with Gasteiger partial charge in [0.15, 0.2) is 0 Å². The summed E-state index contributed by atoms with van der Waals surface area (Å²) in [6, 6.07) is 8.49. The van der Waals surface area contributed by atoms with Crippen LogP contribution in [-0.2, 0) is 105 Å². The molecule has 1 aliphatic carbocycles. The first kappa shape index (κ1) is 31.7. The fourth-order valence-electron chi connectivity index (χ4n) is 1.20. The van der Waals surface area contributed by atoms with Crippen LogP contribution in [-0.4, -0.2) is 0 Å². The summed E-state index contributed by atoms with van der Waals surface area (Å²) in [6.45, 7) is 8.00. The van der Waals surface area contributed by atoms with Gasteiger partial charge in [-0.2, -0.15) is 11.6 Å². The van der Waals surface area contributed by atoms with Gasteiger partial charge in [0.05, 0.1) is 0 Å². The summed E-state index contributed by atoms with van der Waals surface area (Å²) in [7, 11) is 0. The zero-order valence-corrected chi connectivity index (χ0v) is 19.4. The predicted molar refractivity (Wildman–Crippen MR) is 67.3 cm³/mol. The standard InChI is InChI=1S/C9H8.2C2H6.CH4.3Y/c1-2-5-9-7-3-6-8(9)4-1;2*1-2;;;;/h1-6H,7H2;2*1-2H3;1H4;;;/q-2;;;;;;. The molecule has 0 saturated carbocycles. The van der Waals surface area contributed by atoms with Crippen molar-refractivity contribution >= 4 is 0 Å². The quantitative estimate of drug-likeness (QED) is 0.495. The van der Waals surface area contributed by atoms with E-state index in [9.17, 15) is 0 Å². The maximum atomic E-state index is 2.20. The third kappa shape index (κ3) is 13.2. The summed E-state index contributed by atoms with van der Waals surface area (Å²) in [5.41, 5.74) is 2.84. The van der Waals surface area contributed by atoms with Crippen molar-refractivity contribution in [2.24, 2.45) is 0 Å². The molecule has 0 atom stereocenters. The zero-order chi connectivity index (χ0) is 10.1. The number of benzene rings is 1. The van der Waals surface area contributed by atoms with Gasteiger partial charge in [0.1, 0.15) is 0 Å². The molecule has 0 bridgehead atoms. The molecule has 1 aromatic rings. The Morgan fingerprint density at radius 2 is 1.35 bits per heavy atom. The van der Waals surface area contributed by atoms with E-state index in [4.69, 9.17) is 0 Å². The Labute approximate surface area is 185 Å². The van der Waals surface area contributed by atoms with Gasteiger partial charge in [-0.25, -0.2) is 12.0 Å². The van der Waals surface area contributed by atoms with Crippen molar-refractivity contribution < 1.29 is 98.1 Å². The molecular weight excluding hydrogens is 435 g/mol. The molecule has 0 heterocycles. The molecule has 0 spiro atoms. The van der Waals surface area contributed by atoms with Crippen molar-refractivity contribution in [3.8, 4) is 0 Å². The molecule has 0 saturated heterocycles. The smallest absolute Gasteiger partial charge is 0 e. The van der Waals surface area contributed by atoms with Crippen LogP contribution in [0.3, 0.4) is 0 Å². The van der Waals surface area contributed by atoms with Crippen molar-refractivity contribution in [1.29, 1.82) is 0 Å². The molecule has 0 unspecified atom stereocenters. The van der Waals surface area contributed by atoms with Gasteiger partial charge in [-0.1, -0.05) is 41.2 Å². The fraction of sp³-hybridized carbons (Fsp3) is 0.429. The molecule has 0 aliphatic heterocycles. The van der Waals surface area contributed by atoms with Crippen LogP contribution < -0.4 is 0 Å². The summed E-state index contributed by atoms with van der Waals surface area (Å²) < 4.78 is 0. The van der Waals surface area contributed by atoms with Crippen molar-refractivity contribution in [2.75, 3.05) is 0 Å². The number of hydrogen-bond acceptors (Lipinski definition) is 0. The van der Waals surface area contributed by atoms with E-state index in [-0.39, 0.29) is 106 Å². The molecule has 1 aromatic carbocycles. The largest absolute Gasteiger partial charge is 0.375 e. The monoisotopic (exact) mass is 459 g/mol. The molecule has 3 radical (unpaired) electrons. The van der Waals surface area contributed by atoms with E-state index in [2.05, 4.69) is 37.1 Å². The van der Waals surface area contributed by atoms with E-state index in [0.717, 1.165) is 6.42 Å². The molecule has 1 aliphatic rings. The second kappa shape index (κ2) is 23.5. The van der Waals surface area contributed by atoms with Crippen LogP contribution >= 0.6 is 0 Å². The van der Waals surface area contributed by atoms with Gasteiger partial charge in [0.2, 0.25) is 0 Å². The van der Waals surface area contributed by atoms with Crippen molar-refractivity contribution in [3.63, 3.8) is 0 Å². The van der Waals surface area contributed by atoms with Crippen molar-refractivity contribution in [2.45, 2.75) is 41.5 Å². The fourth-order valence-corrected chi connectivity index (χ4v) is 1.20. The molecular formula is C14H24Y3-2. The molecule has 0 aromatic heterocycles. The summed E-state index contributed by atoms with van der Waals surface area (Å²) in [4.78, 5) is 0. The molecule has 17 heavy (non-hydrogen) atoms. The van der Waals surface area contributed by atoms with Crippen LogP contribution in [0.25, 0.3) is 0 Å². The minimum atomic E-state index is 0. The average molecular weight is 459 g/mol. The second-order valence-corrected chi connectivity index (χ2v) is 2.31. The van der Waals surface area contributed by atoms with Gasteiger partial charge in [0, 0.05) is 98.1 Å². The van der Waals surface area contributed by atoms with Gasteiger partial charge in [-0.15, -0.1) is 12.1 Å². The normalized spacial score (nSPS) is 8.47. The van der Waals surface area contributed by atoms with Crippen molar-refractivity contribution in [1.82, 2.24) is 0 Å². The Morgan fingerprint density at radius 3 is 1.82 bits per heavy atom. The summed E-state index contributed by atoms with van der Waals surface area (Å²) in [5, 5.41) is 0. The molecule has 0 fully saturated rings. The van der Waals surface area contributed by atoms with E-state index in [1.54, 1.807) is 0 Å². The van der Waals surface area contributed by atoms with Crippen LogP contribution in [0.4, 0.5) is 0 Å². The molecule has 0 amide bonds. The van der Waals surface area contributed by atoms with Crippen LogP contribution in [0, 0.1) is 12.8 Å². The van der Waals surface area contributed by atoms with Gasteiger partial charge >= 0.3 is 0 Å². The second-order valence-electron chi connectivity index (χ2n) is 2.31. The van der Waals surface area contributed by atoms with Crippen LogP contribution in [0.5, 0.6) is 0 Å². The van der Waals surface area contributed by atoms with E-state index >= 15 is 0 Å². The first-order chi connectivity index (χ1) is 6.47. The van der Waals surface area contributed by atoms with Crippen molar-refractivity contribution in [3.05, 3.63) is 48.2 Å². The van der Waals surface area contributed by atoms with E-state index in [1.165, 1.54) is 11.1 Å². The Bertz CT molecular complexity index is 201. The SMILES string of the molecule is C.CC.CC.[Y].[Y].[Y].c1ccc2c(c1)[CH-][CH-]C2. The molecule has 2 rings (SSSR count). The Kier molecular flexibility index (Phi) is 43.8. The van der Waals surface area contributed by atoms with Gasteiger partial charge in [0.25, 0.3) is 0 Å². The topological polar surface area (TPSA) is 0 Å². The zero-order valence-electron chi connectivity index (χ0n) is 10.9. The first-order valence-electron chi connectivity index (χ1n) is 5.21. The minimum Gasteiger partial charge on any atom is -0.375 e. The molecule has 3 heteroatoms. The maximum absolute atomic E-state index is 2.20. The van der Waals surface area contributed by atoms with Gasteiger partial charge in [-0.3, -0.25) is 0 Å². The van der Waals surface area contributed by atoms with Crippen LogP contribution in [0.1, 0.15) is 46.2 Å². The van der Waals surface area contributed by atoms with E-state index in [1.807, 2.05) is 27.7 Å². The van der Waals surface area contributed by atoms with Gasteiger partial charge in [-0.05, 0) is 0 Å². The van der Waals surface area contributed by atoms with E-state index in [0.29, 0.717) is 0 Å². The third-order valence-corrected chi connectivity index (χ3v) is 1.69. The Hall–Kier alpha value is 2.40. The van der Waals surface area contributed by atoms with Crippen LogP contribution in [0.15, 0.2) is 24.3 Å². The Morgan fingerprint density at radius 1 is 0.882 bits per heavy atom. The number of fused-ring (bicyclic) bond motifs is 1. The summed E-state index contributed by atoms with van der Waals surface area (Å²) >= 11 is 0. The summed E-state index contributed by atoms with van der Waals surface area (Å²) in [6.07, 6.45) is 5.50. The average Bonchev–Trinajstić information content (AvgIpc) is 2.71. The molecule has 0 nitrogen and oxygen atoms in total. The number of hydrogen-bond donors (Lipinski definition) is 0. The first-order valence-corrected chi connectivity index (χ1v) is 5.21. The van der Waals surface area contributed by atoms with Crippen LogP contribution in [0.2, 0.25) is 0 Å². The third-order valence-electron chi connectivity index (χ3n) is 1.69. The predicted octanol–water partition coefficient (Wildman–Crippen LogP) is 4.68. The Balaban J connectivity index is -0.0000000553. The van der Waals surface area contributed by atoms with E-state index < -0.39 is 0 Å². The maximum Gasteiger partial charge on any atom is 0 e. The van der Waals surface area contributed by atoms with Gasteiger partial charge < -0.3 is 12.8 Å². The summed E-state index contributed by atoms with van der Waals surface area (Å²) in [5.74, 6) is 0. The molecule has 91 valence electrons. The molecule has 0 N–H and O–H groups in total. The minimum absolute atomic E-state index is 0.